The van der Waals surface area contributed by atoms with Gasteiger partial charge in [-0.25, -0.2) is 13.6 Å². The quantitative estimate of drug-likeness (QED) is 0.393. The molecule has 0 saturated carbocycles. The van der Waals surface area contributed by atoms with Gasteiger partial charge in [-0.15, -0.1) is 0 Å². The number of rotatable bonds is 4. The molecule has 0 spiro atoms. The number of carbonyl (C=O) groups is 1. The van der Waals surface area contributed by atoms with Crippen molar-refractivity contribution in [2.75, 3.05) is 13.2 Å². The number of carboxylic acid groups (broad SMARTS) is 1. The van der Waals surface area contributed by atoms with Crippen molar-refractivity contribution in [3.05, 3.63) is 83.1 Å². The first-order chi connectivity index (χ1) is 16.9. The van der Waals surface area contributed by atoms with E-state index in [1.165, 1.54) is 24.3 Å². The van der Waals surface area contributed by atoms with E-state index in [0.717, 1.165) is 17.8 Å². The molecule has 3 aromatic carbocycles. The third kappa shape index (κ3) is 3.80. The molecule has 5 rings (SSSR count). The highest BCUT2D eigenvalue weighted by atomic mass is 19.2. The maximum atomic E-state index is 14.3. The average Bonchev–Trinajstić information content (AvgIpc) is 3.22. The molecular weight excluding hydrogens is 454 g/mol. The summed E-state index contributed by atoms with van der Waals surface area (Å²) in [6.07, 6.45) is 1.28. The van der Waals surface area contributed by atoms with Gasteiger partial charge in [0.1, 0.15) is 5.75 Å². The van der Waals surface area contributed by atoms with E-state index in [9.17, 15) is 29.1 Å². The number of hydrogen-bond donors (Lipinski definition) is 2. The Kier molecular flexibility index (Phi) is 5.71. The summed E-state index contributed by atoms with van der Waals surface area (Å²) in [5, 5.41) is 30.7. The lowest BCUT2D eigenvalue weighted by molar-refractivity contribution is 0.0696. The summed E-state index contributed by atoms with van der Waals surface area (Å²) in [5.74, 6) is -3.27. The summed E-state index contributed by atoms with van der Waals surface area (Å²) in [7, 11) is 0. The van der Waals surface area contributed by atoms with Crippen molar-refractivity contribution < 1.29 is 28.5 Å². The summed E-state index contributed by atoms with van der Waals surface area (Å²) in [6, 6.07) is 14.9. The van der Waals surface area contributed by atoms with Crippen molar-refractivity contribution in [1.29, 1.82) is 5.26 Å². The summed E-state index contributed by atoms with van der Waals surface area (Å²) in [4.78, 5) is 11.5. The molecule has 0 bridgehead atoms. The van der Waals surface area contributed by atoms with Gasteiger partial charge < -0.3 is 19.5 Å². The summed E-state index contributed by atoms with van der Waals surface area (Å²) in [5.41, 5.74) is 2.74. The second kappa shape index (κ2) is 8.85. The van der Waals surface area contributed by atoms with Gasteiger partial charge in [0.25, 0.3) is 0 Å². The molecule has 6 nitrogen and oxygen atoms in total. The number of phenolic OH excluding ortho intramolecular Hbond substituents is 1. The Morgan fingerprint density at radius 2 is 1.83 bits per heavy atom. The van der Waals surface area contributed by atoms with Crippen molar-refractivity contribution in [3.8, 4) is 28.6 Å². The van der Waals surface area contributed by atoms with Gasteiger partial charge >= 0.3 is 5.97 Å². The zero-order chi connectivity index (χ0) is 24.7. The number of aromatic carboxylic acids is 1. The number of benzene rings is 3. The number of aromatic nitrogens is 1. The van der Waals surface area contributed by atoms with Crippen LogP contribution in [0.4, 0.5) is 8.78 Å². The lowest BCUT2D eigenvalue weighted by atomic mass is 9.88. The van der Waals surface area contributed by atoms with Gasteiger partial charge in [-0.05, 0) is 49.2 Å². The predicted octanol–water partition coefficient (Wildman–Crippen LogP) is 5.75. The number of halogens is 2. The minimum Gasteiger partial charge on any atom is -0.507 e. The van der Waals surface area contributed by atoms with Gasteiger partial charge in [-0.3, -0.25) is 0 Å². The smallest absolute Gasteiger partial charge is 0.335 e. The van der Waals surface area contributed by atoms with E-state index in [-0.39, 0.29) is 22.8 Å². The van der Waals surface area contributed by atoms with Crippen LogP contribution in [-0.4, -0.2) is 34.0 Å². The van der Waals surface area contributed by atoms with Crippen LogP contribution < -0.4 is 0 Å². The van der Waals surface area contributed by atoms with Gasteiger partial charge in [-0.2, -0.15) is 5.26 Å². The highest BCUT2D eigenvalue weighted by molar-refractivity contribution is 6.04. The van der Waals surface area contributed by atoms with E-state index in [1.807, 2.05) is 0 Å². The van der Waals surface area contributed by atoms with Crippen LogP contribution in [0.2, 0.25) is 0 Å². The monoisotopic (exact) mass is 474 g/mol. The number of carboxylic acids is 1. The van der Waals surface area contributed by atoms with Gasteiger partial charge in [0, 0.05) is 53.1 Å². The highest BCUT2D eigenvalue weighted by Gasteiger charge is 2.30. The van der Waals surface area contributed by atoms with Crippen molar-refractivity contribution in [1.82, 2.24) is 4.57 Å². The summed E-state index contributed by atoms with van der Waals surface area (Å²) in [6.45, 7) is 0.997. The maximum absolute atomic E-state index is 14.3. The maximum Gasteiger partial charge on any atom is 0.335 e. The molecule has 1 aliphatic rings. The van der Waals surface area contributed by atoms with Crippen molar-refractivity contribution in [2.24, 2.45) is 0 Å². The summed E-state index contributed by atoms with van der Waals surface area (Å²) >= 11 is 0. The molecule has 176 valence electrons. The molecule has 0 atom stereocenters. The zero-order valence-corrected chi connectivity index (χ0v) is 18.5. The number of phenols is 1. The third-order valence-electron chi connectivity index (χ3n) is 6.43. The molecule has 0 radical (unpaired) electrons. The fraction of sp³-hybridized carbons (Fsp3) is 0.185. The normalized spacial score (nSPS) is 14.2. The second-order valence-electron chi connectivity index (χ2n) is 8.43. The fourth-order valence-electron chi connectivity index (χ4n) is 4.86. The molecule has 1 aliphatic heterocycles. The van der Waals surface area contributed by atoms with Crippen LogP contribution in [0.15, 0.2) is 54.6 Å². The van der Waals surface area contributed by atoms with Crippen molar-refractivity contribution >= 4 is 16.9 Å². The number of nitrogens with zero attached hydrogens (tertiary/aromatic N) is 2. The van der Waals surface area contributed by atoms with Crippen LogP contribution in [0, 0.1) is 23.0 Å². The molecular formula is C27H20F2N2O4. The molecule has 8 heteroatoms. The van der Waals surface area contributed by atoms with Gasteiger partial charge in [0.15, 0.2) is 11.6 Å². The van der Waals surface area contributed by atoms with E-state index in [0.29, 0.717) is 53.8 Å². The van der Waals surface area contributed by atoms with Crippen LogP contribution in [0.5, 0.6) is 5.75 Å². The number of fused-ring (bicyclic) bond motifs is 1. The molecule has 4 aromatic rings. The second-order valence-corrected chi connectivity index (χ2v) is 8.43. The Balaban J connectivity index is 1.92. The molecule has 1 fully saturated rings. The first-order valence-corrected chi connectivity index (χ1v) is 11.1. The standard InChI is InChI=1S/C27H20F2N2O4/c28-20-7-5-18(13-21(20)29)31-22-2-1-3-23(32)25(22)24(26(31)15-8-10-35-11-9-15)19-6-4-16(27(33)34)12-17(19)14-30/h1-7,12-13,15,32H,8-11H2,(H,33,34). The van der Waals surface area contributed by atoms with E-state index in [1.54, 1.807) is 22.8 Å². The molecule has 35 heavy (non-hydrogen) atoms. The van der Waals surface area contributed by atoms with E-state index >= 15 is 0 Å². The molecule has 0 aliphatic carbocycles. The van der Waals surface area contributed by atoms with E-state index in [2.05, 4.69) is 6.07 Å². The summed E-state index contributed by atoms with van der Waals surface area (Å²) < 4.78 is 35.5. The molecule has 0 unspecified atom stereocenters. The van der Waals surface area contributed by atoms with Gasteiger partial charge in [-0.1, -0.05) is 12.1 Å². The molecule has 1 saturated heterocycles. The van der Waals surface area contributed by atoms with Crippen molar-refractivity contribution in [2.45, 2.75) is 18.8 Å². The van der Waals surface area contributed by atoms with Crippen LogP contribution in [-0.2, 0) is 4.74 Å². The molecule has 2 N–H and O–H groups in total. The Bertz CT molecular complexity index is 1510. The van der Waals surface area contributed by atoms with Crippen molar-refractivity contribution in [3.63, 3.8) is 0 Å². The lowest BCUT2D eigenvalue weighted by Gasteiger charge is -2.26. The molecule has 0 amide bonds. The first-order valence-electron chi connectivity index (χ1n) is 11.1. The Labute approximate surface area is 199 Å². The molecule has 1 aromatic heterocycles. The lowest BCUT2D eigenvalue weighted by Crippen LogP contribution is -2.17. The fourth-order valence-corrected chi connectivity index (χ4v) is 4.86. The Morgan fingerprint density at radius 1 is 1.06 bits per heavy atom. The number of aromatic hydroxyl groups is 1. The predicted molar refractivity (Wildman–Crippen MR) is 125 cm³/mol. The number of ether oxygens (including phenoxy) is 1. The Hall–Kier alpha value is -4.22. The SMILES string of the molecule is N#Cc1cc(C(=O)O)ccc1-c1c(C2CCOCC2)n(-c2ccc(F)c(F)c2)c2cccc(O)c12. The number of nitriles is 1. The van der Waals surface area contributed by atoms with Gasteiger partial charge in [0.05, 0.1) is 22.7 Å². The topological polar surface area (TPSA) is 95.5 Å². The van der Waals surface area contributed by atoms with E-state index < -0.39 is 17.6 Å². The third-order valence-corrected chi connectivity index (χ3v) is 6.43. The van der Waals surface area contributed by atoms with Crippen LogP contribution >= 0.6 is 0 Å². The van der Waals surface area contributed by atoms with Crippen LogP contribution in [0.25, 0.3) is 27.7 Å². The average molecular weight is 474 g/mol. The minimum atomic E-state index is -1.16. The Morgan fingerprint density at radius 3 is 2.51 bits per heavy atom. The first kappa shape index (κ1) is 22.6. The highest BCUT2D eigenvalue weighted by Crippen LogP contribution is 2.47. The van der Waals surface area contributed by atoms with Crippen LogP contribution in [0.3, 0.4) is 0 Å². The van der Waals surface area contributed by atoms with E-state index in [4.69, 9.17) is 4.74 Å². The minimum absolute atomic E-state index is 0.0357. The zero-order valence-electron chi connectivity index (χ0n) is 18.5. The molecule has 2 heterocycles. The van der Waals surface area contributed by atoms with Gasteiger partial charge in [0.2, 0.25) is 0 Å². The largest absolute Gasteiger partial charge is 0.507 e. The van der Waals surface area contributed by atoms with Crippen LogP contribution in [0.1, 0.15) is 40.4 Å². The number of hydrogen-bond acceptors (Lipinski definition) is 4.